The van der Waals surface area contributed by atoms with Crippen LogP contribution in [-0.4, -0.2) is 74.8 Å². The molecule has 0 spiro atoms. The van der Waals surface area contributed by atoms with Crippen LogP contribution in [0.5, 0.6) is 0 Å². The van der Waals surface area contributed by atoms with Crippen molar-refractivity contribution in [2.75, 3.05) is 46.5 Å². The molecule has 1 aliphatic heterocycles. The van der Waals surface area contributed by atoms with E-state index in [1.165, 1.54) is 6.42 Å². The van der Waals surface area contributed by atoms with Gasteiger partial charge in [0.1, 0.15) is 0 Å². The second-order valence-corrected chi connectivity index (χ2v) is 5.39. The van der Waals surface area contributed by atoms with E-state index in [0.717, 1.165) is 26.1 Å². The Morgan fingerprint density at radius 1 is 1.42 bits per heavy atom. The molecule has 1 rings (SSSR count). The summed E-state index contributed by atoms with van der Waals surface area (Å²) >= 11 is 0. The highest BCUT2D eigenvalue weighted by Crippen LogP contribution is 2.10. The standard InChI is InChI=1S/C14H30N2O3/c1-4-7-16(13-5-6-15-8-13)9-14(17)11-19-12(2)10-18-3/h12-15,17H,4-11H2,1-3H3. The third-order valence-electron chi connectivity index (χ3n) is 3.48. The third kappa shape index (κ3) is 6.68. The first-order valence-corrected chi connectivity index (χ1v) is 7.40. The SMILES string of the molecule is CCCN(CC(O)COC(C)COC)C1CCNC1. The predicted octanol–water partition coefficient (Wildman–Crippen LogP) is 0.473. The largest absolute Gasteiger partial charge is 0.389 e. The number of nitrogens with one attached hydrogen (secondary N) is 1. The summed E-state index contributed by atoms with van der Waals surface area (Å²) in [7, 11) is 1.66. The lowest BCUT2D eigenvalue weighted by Gasteiger charge is -2.30. The Kier molecular flexibility index (Phi) is 8.57. The van der Waals surface area contributed by atoms with E-state index in [-0.39, 0.29) is 6.10 Å². The maximum absolute atomic E-state index is 10.1. The molecule has 0 aromatic carbocycles. The second-order valence-electron chi connectivity index (χ2n) is 5.39. The number of hydrogen-bond donors (Lipinski definition) is 2. The number of nitrogens with zero attached hydrogens (tertiary/aromatic N) is 1. The van der Waals surface area contributed by atoms with E-state index in [0.29, 0.717) is 25.8 Å². The highest BCUT2D eigenvalue weighted by atomic mass is 16.5. The zero-order valence-electron chi connectivity index (χ0n) is 12.6. The monoisotopic (exact) mass is 274 g/mol. The highest BCUT2D eigenvalue weighted by molar-refractivity contribution is 4.81. The molecule has 5 heteroatoms. The first kappa shape index (κ1) is 16.9. The highest BCUT2D eigenvalue weighted by Gasteiger charge is 2.23. The maximum Gasteiger partial charge on any atom is 0.0900 e. The van der Waals surface area contributed by atoms with Crippen LogP contribution in [0.3, 0.4) is 0 Å². The van der Waals surface area contributed by atoms with E-state index in [1.807, 2.05) is 6.92 Å². The number of methoxy groups -OCH3 is 1. The summed E-state index contributed by atoms with van der Waals surface area (Å²) in [6.45, 7) is 8.94. The lowest BCUT2D eigenvalue weighted by atomic mass is 10.2. The van der Waals surface area contributed by atoms with E-state index in [9.17, 15) is 5.11 Å². The van der Waals surface area contributed by atoms with Crippen molar-refractivity contribution in [1.29, 1.82) is 0 Å². The average molecular weight is 274 g/mol. The van der Waals surface area contributed by atoms with Gasteiger partial charge in [-0.3, -0.25) is 4.90 Å². The van der Waals surface area contributed by atoms with Crippen molar-refractivity contribution in [3.05, 3.63) is 0 Å². The molecule has 0 saturated carbocycles. The van der Waals surface area contributed by atoms with Crippen molar-refractivity contribution < 1.29 is 14.6 Å². The van der Waals surface area contributed by atoms with Crippen LogP contribution >= 0.6 is 0 Å². The van der Waals surface area contributed by atoms with Crippen LogP contribution in [0.25, 0.3) is 0 Å². The molecule has 1 fully saturated rings. The summed E-state index contributed by atoms with van der Waals surface area (Å²) in [4.78, 5) is 2.38. The number of rotatable bonds is 10. The minimum atomic E-state index is -0.425. The van der Waals surface area contributed by atoms with Gasteiger partial charge in [0.25, 0.3) is 0 Å². The first-order valence-electron chi connectivity index (χ1n) is 7.40. The van der Waals surface area contributed by atoms with Crippen LogP contribution in [0.2, 0.25) is 0 Å². The summed E-state index contributed by atoms with van der Waals surface area (Å²) in [6, 6.07) is 0.561. The molecule has 3 unspecified atom stereocenters. The van der Waals surface area contributed by atoms with E-state index in [1.54, 1.807) is 7.11 Å². The molecule has 1 heterocycles. The zero-order valence-corrected chi connectivity index (χ0v) is 12.6. The Hall–Kier alpha value is -0.200. The summed E-state index contributed by atoms with van der Waals surface area (Å²) < 4.78 is 10.6. The normalized spacial score (nSPS) is 22.9. The van der Waals surface area contributed by atoms with E-state index >= 15 is 0 Å². The van der Waals surface area contributed by atoms with Gasteiger partial charge in [0.05, 0.1) is 25.4 Å². The van der Waals surface area contributed by atoms with Gasteiger partial charge >= 0.3 is 0 Å². The van der Waals surface area contributed by atoms with Gasteiger partial charge in [-0.05, 0) is 32.9 Å². The smallest absolute Gasteiger partial charge is 0.0900 e. The topological polar surface area (TPSA) is 54.0 Å². The molecule has 1 saturated heterocycles. The number of aliphatic hydroxyl groups excluding tert-OH is 1. The molecule has 0 bridgehead atoms. The quantitative estimate of drug-likeness (QED) is 0.607. The Morgan fingerprint density at radius 3 is 2.79 bits per heavy atom. The van der Waals surface area contributed by atoms with Gasteiger partial charge in [0.15, 0.2) is 0 Å². The molecule has 0 radical (unpaired) electrons. The first-order chi connectivity index (χ1) is 9.17. The molecular formula is C14H30N2O3. The minimum Gasteiger partial charge on any atom is -0.389 e. The van der Waals surface area contributed by atoms with Gasteiger partial charge in [-0.25, -0.2) is 0 Å². The number of ether oxygens (including phenoxy) is 2. The van der Waals surface area contributed by atoms with E-state index < -0.39 is 6.10 Å². The lowest BCUT2D eigenvalue weighted by molar-refractivity contribution is -0.0423. The van der Waals surface area contributed by atoms with Crippen LogP contribution in [0.1, 0.15) is 26.7 Å². The maximum atomic E-state index is 10.1. The predicted molar refractivity (Wildman–Crippen MR) is 76.4 cm³/mol. The van der Waals surface area contributed by atoms with Gasteiger partial charge in [-0.2, -0.15) is 0 Å². The van der Waals surface area contributed by atoms with Gasteiger partial charge in [-0.15, -0.1) is 0 Å². The van der Waals surface area contributed by atoms with Crippen molar-refractivity contribution in [3.8, 4) is 0 Å². The fourth-order valence-corrected chi connectivity index (χ4v) is 2.54. The van der Waals surface area contributed by atoms with Crippen molar-refractivity contribution in [2.24, 2.45) is 0 Å². The Bertz CT molecular complexity index is 223. The van der Waals surface area contributed by atoms with Crippen molar-refractivity contribution in [1.82, 2.24) is 10.2 Å². The summed E-state index contributed by atoms with van der Waals surface area (Å²) in [5.41, 5.74) is 0. The van der Waals surface area contributed by atoms with Crippen molar-refractivity contribution >= 4 is 0 Å². The van der Waals surface area contributed by atoms with Gasteiger partial charge in [0.2, 0.25) is 0 Å². The van der Waals surface area contributed by atoms with Crippen LogP contribution in [0, 0.1) is 0 Å². The zero-order chi connectivity index (χ0) is 14.1. The third-order valence-corrected chi connectivity index (χ3v) is 3.48. The van der Waals surface area contributed by atoms with Crippen LogP contribution in [0.15, 0.2) is 0 Å². The fraction of sp³-hybridized carbons (Fsp3) is 1.00. The molecule has 3 atom stereocenters. The summed E-state index contributed by atoms with van der Waals surface area (Å²) in [6.07, 6.45) is 1.90. The molecule has 2 N–H and O–H groups in total. The van der Waals surface area contributed by atoms with Crippen molar-refractivity contribution in [2.45, 2.75) is 44.9 Å². The fourth-order valence-electron chi connectivity index (χ4n) is 2.54. The van der Waals surface area contributed by atoms with E-state index in [2.05, 4.69) is 17.1 Å². The summed E-state index contributed by atoms with van der Waals surface area (Å²) in [5.74, 6) is 0. The summed E-state index contributed by atoms with van der Waals surface area (Å²) in [5, 5.41) is 13.5. The van der Waals surface area contributed by atoms with Crippen LogP contribution < -0.4 is 5.32 Å². The van der Waals surface area contributed by atoms with Gasteiger partial charge < -0.3 is 19.9 Å². The molecular weight excluding hydrogens is 244 g/mol. The second kappa shape index (κ2) is 9.66. The van der Waals surface area contributed by atoms with Gasteiger partial charge in [0, 0.05) is 26.2 Å². The molecule has 0 aromatic heterocycles. The molecule has 114 valence electrons. The number of aliphatic hydroxyl groups is 1. The molecule has 19 heavy (non-hydrogen) atoms. The molecule has 0 aromatic rings. The Morgan fingerprint density at radius 2 is 2.21 bits per heavy atom. The molecule has 0 amide bonds. The van der Waals surface area contributed by atoms with E-state index in [4.69, 9.17) is 9.47 Å². The van der Waals surface area contributed by atoms with Crippen LogP contribution in [-0.2, 0) is 9.47 Å². The number of hydrogen-bond acceptors (Lipinski definition) is 5. The lowest BCUT2D eigenvalue weighted by Crippen LogP contribution is -2.43. The molecule has 0 aliphatic carbocycles. The van der Waals surface area contributed by atoms with Gasteiger partial charge in [-0.1, -0.05) is 6.92 Å². The molecule has 5 nitrogen and oxygen atoms in total. The Labute approximate surface area is 117 Å². The van der Waals surface area contributed by atoms with Crippen molar-refractivity contribution in [3.63, 3.8) is 0 Å². The Balaban J connectivity index is 2.27. The average Bonchev–Trinajstić information content (AvgIpc) is 2.90. The van der Waals surface area contributed by atoms with Crippen LogP contribution in [0.4, 0.5) is 0 Å². The molecule has 1 aliphatic rings. The minimum absolute atomic E-state index is 0.0347.